The van der Waals surface area contributed by atoms with Crippen LogP contribution in [0.2, 0.25) is 0 Å². The molecule has 5 nitrogen and oxygen atoms in total. The molecule has 1 N–H and O–H groups in total. The predicted octanol–water partition coefficient (Wildman–Crippen LogP) is 1.83. The van der Waals surface area contributed by atoms with Gasteiger partial charge in [0.05, 0.1) is 18.6 Å². The molecule has 2 amide bonds. The summed E-state index contributed by atoms with van der Waals surface area (Å²) in [5, 5.41) is 2.82. The molecule has 0 spiro atoms. The summed E-state index contributed by atoms with van der Waals surface area (Å²) < 4.78 is 5.11. The fraction of sp³-hybridized carbons (Fsp3) is 0.444. The summed E-state index contributed by atoms with van der Waals surface area (Å²) in [5.74, 6) is -0.502. The second-order valence-electron chi connectivity index (χ2n) is 5.78. The van der Waals surface area contributed by atoms with Crippen LogP contribution in [0.15, 0.2) is 36.9 Å². The Kier molecular flexibility index (Phi) is 5.93. The molecule has 1 aromatic rings. The van der Waals surface area contributed by atoms with Crippen LogP contribution < -0.4 is 5.32 Å². The molecule has 1 heterocycles. The number of benzene rings is 1. The van der Waals surface area contributed by atoms with E-state index in [2.05, 4.69) is 11.9 Å². The van der Waals surface area contributed by atoms with Gasteiger partial charge in [-0.25, -0.2) is 0 Å². The van der Waals surface area contributed by atoms with E-state index in [9.17, 15) is 9.59 Å². The van der Waals surface area contributed by atoms with Gasteiger partial charge < -0.3 is 15.0 Å². The smallest absolute Gasteiger partial charge is 0.226 e. The molecule has 5 heteroatoms. The first kappa shape index (κ1) is 17.2. The molecule has 1 aliphatic rings. The van der Waals surface area contributed by atoms with Crippen molar-refractivity contribution in [2.45, 2.75) is 19.4 Å². The van der Waals surface area contributed by atoms with E-state index >= 15 is 0 Å². The number of hydrogen-bond acceptors (Lipinski definition) is 3. The molecule has 0 radical (unpaired) electrons. The number of nitrogens with zero attached hydrogens (tertiary/aromatic N) is 1. The lowest BCUT2D eigenvalue weighted by Crippen LogP contribution is -2.37. The van der Waals surface area contributed by atoms with Crippen LogP contribution in [-0.4, -0.2) is 43.5 Å². The second kappa shape index (κ2) is 7.92. The highest BCUT2D eigenvalue weighted by atomic mass is 16.5. The first-order valence-corrected chi connectivity index (χ1v) is 7.82. The number of hydrogen-bond donors (Lipinski definition) is 1. The fourth-order valence-corrected chi connectivity index (χ4v) is 3.05. The van der Waals surface area contributed by atoms with E-state index in [0.717, 1.165) is 11.1 Å². The number of amides is 2. The average molecular weight is 316 g/mol. The Bertz CT molecular complexity index is 585. The maximum atomic E-state index is 12.5. The lowest BCUT2D eigenvalue weighted by molar-refractivity contribution is -0.129. The SMILES string of the molecule is C=CCNC(=O)[C@@H]1CC(=O)N(CCOC)[C@H]1c1cccc(C)c1. The van der Waals surface area contributed by atoms with Gasteiger partial charge >= 0.3 is 0 Å². The zero-order valence-electron chi connectivity index (χ0n) is 13.7. The van der Waals surface area contributed by atoms with E-state index in [1.807, 2.05) is 31.2 Å². The Hall–Kier alpha value is -2.14. The standard InChI is InChI=1S/C18H24N2O3/c1-4-8-19-18(22)15-12-16(21)20(9-10-23-3)17(15)14-7-5-6-13(2)11-14/h4-7,11,15,17H,1,8-10,12H2,2-3H3,(H,19,22)/t15-,17+/m1/s1. The molecule has 1 saturated heterocycles. The lowest BCUT2D eigenvalue weighted by Gasteiger charge is -2.28. The Labute approximate surface area is 137 Å². The minimum Gasteiger partial charge on any atom is -0.383 e. The van der Waals surface area contributed by atoms with Gasteiger partial charge in [-0.15, -0.1) is 6.58 Å². The Morgan fingerprint density at radius 2 is 2.30 bits per heavy atom. The minimum atomic E-state index is -0.388. The first-order chi connectivity index (χ1) is 11.1. The highest BCUT2D eigenvalue weighted by Gasteiger charge is 2.44. The number of likely N-dealkylation sites (tertiary alicyclic amines) is 1. The van der Waals surface area contributed by atoms with Crippen molar-refractivity contribution in [1.82, 2.24) is 10.2 Å². The van der Waals surface area contributed by atoms with Gasteiger partial charge in [0.15, 0.2) is 0 Å². The zero-order chi connectivity index (χ0) is 16.8. The van der Waals surface area contributed by atoms with Crippen LogP contribution >= 0.6 is 0 Å². The molecular weight excluding hydrogens is 292 g/mol. The number of nitrogens with one attached hydrogen (secondary N) is 1. The molecule has 1 aliphatic heterocycles. The van der Waals surface area contributed by atoms with E-state index < -0.39 is 0 Å². The molecule has 0 bridgehead atoms. The van der Waals surface area contributed by atoms with E-state index in [-0.39, 0.29) is 30.2 Å². The van der Waals surface area contributed by atoms with Gasteiger partial charge in [-0.2, -0.15) is 0 Å². The van der Waals surface area contributed by atoms with Crippen molar-refractivity contribution in [2.75, 3.05) is 26.8 Å². The number of aryl methyl sites for hydroxylation is 1. The summed E-state index contributed by atoms with van der Waals surface area (Å²) in [6.07, 6.45) is 1.87. The highest BCUT2D eigenvalue weighted by molar-refractivity contribution is 5.90. The monoisotopic (exact) mass is 316 g/mol. The summed E-state index contributed by atoms with van der Waals surface area (Å²) in [5.41, 5.74) is 2.10. The van der Waals surface area contributed by atoms with Gasteiger partial charge in [-0.3, -0.25) is 9.59 Å². The summed E-state index contributed by atoms with van der Waals surface area (Å²) in [6.45, 7) is 6.96. The Morgan fingerprint density at radius 3 is 2.96 bits per heavy atom. The highest BCUT2D eigenvalue weighted by Crippen LogP contribution is 2.38. The van der Waals surface area contributed by atoms with Gasteiger partial charge in [0.1, 0.15) is 0 Å². The van der Waals surface area contributed by atoms with Crippen molar-refractivity contribution < 1.29 is 14.3 Å². The van der Waals surface area contributed by atoms with Gasteiger partial charge in [0, 0.05) is 26.6 Å². The van der Waals surface area contributed by atoms with Crippen molar-refractivity contribution in [1.29, 1.82) is 0 Å². The Morgan fingerprint density at radius 1 is 1.52 bits per heavy atom. The maximum absolute atomic E-state index is 12.5. The third-order valence-electron chi connectivity index (χ3n) is 4.11. The van der Waals surface area contributed by atoms with Crippen LogP contribution in [0.5, 0.6) is 0 Å². The van der Waals surface area contributed by atoms with E-state index in [1.54, 1.807) is 18.1 Å². The number of rotatable bonds is 7. The molecule has 0 aliphatic carbocycles. The molecule has 0 saturated carbocycles. The van der Waals surface area contributed by atoms with Gasteiger partial charge in [0.2, 0.25) is 11.8 Å². The van der Waals surface area contributed by atoms with Crippen molar-refractivity contribution in [3.05, 3.63) is 48.0 Å². The summed E-state index contributed by atoms with van der Waals surface area (Å²) in [6, 6.07) is 7.73. The number of methoxy groups -OCH3 is 1. The van der Waals surface area contributed by atoms with Gasteiger partial charge in [-0.1, -0.05) is 35.9 Å². The third-order valence-corrected chi connectivity index (χ3v) is 4.11. The van der Waals surface area contributed by atoms with Crippen LogP contribution in [0.3, 0.4) is 0 Å². The van der Waals surface area contributed by atoms with Crippen LogP contribution in [0.25, 0.3) is 0 Å². The minimum absolute atomic E-state index is 0.00712. The summed E-state index contributed by atoms with van der Waals surface area (Å²) in [4.78, 5) is 26.6. The average Bonchev–Trinajstić information content (AvgIpc) is 2.87. The van der Waals surface area contributed by atoms with Crippen LogP contribution in [0.1, 0.15) is 23.6 Å². The number of carbonyl (C=O) groups is 2. The molecule has 1 fully saturated rings. The number of ether oxygens (including phenoxy) is 1. The lowest BCUT2D eigenvalue weighted by atomic mass is 9.92. The molecule has 23 heavy (non-hydrogen) atoms. The van der Waals surface area contributed by atoms with Crippen molar-refractivity contribution in [2.24, 2.45) is 5.92 Å². The Balaban J connectivity index is 2.31. The van der Waals surface area contributed by atoms with E-state index in [0.29, 0.717) is 19.7 Å². The quantitative estimate of drug-likeness (QED) is 0.781. The molecule has 1 aromatic carbocycles. The molecule has 124 valence electrons. The molecule has 0 aromatic heterocycles. The molecule has 2 atom stereocenters. The zero-order valence-corrected chi connectivity index (χ0v) is 13.7. The van der Waals surface area contributed by atoms with Crippen LogP contribution in [0, 0.1) is 12.8 Å². The normalized spacial score (nSPS) is 20.6. The van der Waals surface area contributed by atoms with Crippen molar-refractivity contribution >= 4 is 11.8 Å². The largest absolute Gasteiger partial charge is 0.383 e. The van der Waals surface area contributed by atoms with Gasteiger partial charge in [0.25, 0.3) is 0 Å². The van der Waals surface area contributed by atoms with Crippen LogP contribution in [-0.2, 0) is 14.3 Å². The van der Waals surface area contributed by atoms with Gasteiger partial charge in [-0.05, 0) is 12.5 Å². The van der Waals surface area contributed by atoms with Crippen molar-refractivity contribution in [3.63, 3.8) is 0 Å². The van der Waals surface area contributed by atoms with E-state index in [4.69, 9.17) is 4.74 Å². The molecule has 2 rings (SSSR count). The predicted molar refractivity (Wildman–Crippen MR) is 88.8 cm³/mol. The molecule has 0 unspecified atom stereocenters. The molecular formula is C18H24N2O3. The summed E-state index contributed by atoms with van der Waals surface area (Å²) in [7, 11) is 1.61. The van der Waals surface area contributed by atoms with E-state index in [1.165, 1.54) is 0 Å². The first-order valence-electron chi connectivity index (χ1n) is 7.82. The fourth-order valence-electron chi connectivity index (χ4n) is 3.05. The maximum Gasteiger partial charge on any atom is 0.226 e. The topological polar surface area (TPSA) is 58.6 Å². The summed E-state index contributed by atoms with van der Waals surface area (Å²) >= 11 is 0. The van der Waals surface area contributed by atoms with Crippen LogP contribution in [0.4, 0.5) is 0 Å². The number of carbonyl (C=O) groups excluding carboxylic acids is 2. The van der Waals surface area contributed by atoms with Crippen molar-refractivity contribution in [3.8, 4) is 0 Å². The third kappa shape index (κ3) is 3.99. The second-order valence-corrected chi connectivity index (χ2v) is 5.78.